The molecule has 0 aromatic heterocycles. The Labute approximate surface area is 131 Å². The van der Waals surface area contributed by atoms with Gasteiger partial charge in [-0.1, -0.05) is 6.07 Å². The first-order valence-corrected chi connectivity index (χ1v) is 8.07. The van der Waals surface area contributed by atoms with Crippen molar-refractivity contribution < 1.29 is 14.6 Å². The lowest BCUT2D eigenvalue weighted by Gasteiger charge is -2.33. The second-order valence-corrected chi connectivity index (χ2v) is 6.55. The maximum Gasteiger partial charge on any atom is 0.161 e. The summed E-state index contributed by atoms with van der Waals surface area (Å²) in [6, 6.07) is 8.30. The Morgan fingerprint density at radius 1 is 1.23 bits per heavy atom. The van der Waals surface area contributed by atoms with Gasteiger partial charge in [-0.15, -0.1) is 0 Å². The molecule has 0 spiro atoms. The minimum absolute atomic E-state index is 0.273. The number of benzene rings is 1. The quantitative estimate of drug-likeness (QED) is 0.907. The van der Waals surface area contributed by atoms with Crippen LogP contribution in [0.25, 0.3) is 0 Å². The van der Waals surface area contributed by atoms with Crippen LogP contribution < -0.4 is 9.47 Å². The largest absolute Gasteiger partial charge is 0.493 e. The van der Waals surface area contributed by atoms with Crippen LogP contribution in [0.4, 0.5) is 0 Å². The molecule has 0 radical (unpaired) electrons. The molecule has 1 N–H and O–H groups in total. The molecular formula is C18H23NO3. The molecular weight excluding hydrogens is 278 g/mol. The predicted molar refractivity (Wildman–Crippen MR) is 83.0 cm³/mol. The molecule has 0 saturated heterocycles. The molecule has 4 heteroatoms. The van der Waals surface area contributed by atoms with Crippen LogP contribution >= 0.6 is 0 Å². The maximum absolute atomic E-state index is 9.72. The van der Waals surface area contributed by atoms with E-state index in [1.165, 1.54) is 12.8 Å². The van der Waals surface area contributed by atoms with Gasteiger partial charge >= 0.3 is 0 Å². The highest BCUT2D eigenvalue weighted by atomic mass is 16.5. The summed E-state index contributed by atoms with van der Waals surface area (Å²) in [4.78, 5) is 0. The van der Waals surface area contributed by atoms with Crippen LogP contribution in [0.1, 0.15) is 44.1 Å². The zero-order valence-electron chi connectivity index (χ0n) is 13.0. The highest BCUT2D eigenvalue weighted by Gasteiger charge is 2.37. The molecule has 1 aromatic rings. The predicted octanol–water partition coefficient (Wildman–Crippen LogP) is 3.18. The average Bonchev–Trinajstić information content (AvgIpc) is 3.38. The third kappa shape index (κ3) is 3.05. The van der Waals surface area contributed by atoms with E-state index in [1.54, 1.807) is 7.11 Å². The lowest BCUT2D eigenvalue weighted by molar-refractivity contribution is 0.109. The van der Waals surface area contributed by atoms with Crippen LogP contribution in [-0.2, 0) is 5.41 Å². The van der Waals surface area contributed by atoms with Crippen LogP contribution in [0.5, 0.6) is 11.5 Å². The third-order valence-electron chi connectivity index (χ3n) is 4.91. The summed E-state index contributed by atoms with van der Waals surface area (Å²) < 4.78 is 11.3. The molecule has 2 saturated carbocycles. The molecule has 2 aliphatic rings. The van der Waals surface area contributed by atoms with Crippen LogP contribution in [-0.4, -0.2) is 24.9 Å². The molecule has 1 aromatic carbocycles. The second kappa shape index (κ2) is 6.18. The molecule has 3 rings (SSSR count). The smallest absolute Gasteiger partial charge is 0.161 e. The van der Waals surface area contributed by atoms with Gasteiger partial charge in [0.05, 0.1) is 31.3 Å². The number of hydrogen-bond donors (Lipinski definition) is 1. The van der Waals surface area contributed by atoms with Crippen molar-refractivity contribution in [3.05, 3.63) is 23.8 Å². The SMILES string of the molecule is COc1ccc([C@]2(C#N)CC[C@@H](O)CC2)cc1OCC1CC1. The van der Waals surface area contributed by atoms with Crippen LogP contribution in [0.15, 0.2) is 18.2 Å². The zero-order valence-corrected chi connectivity index (χ0v) is 13.0. The fourth-order valence-electron chi connectivity index (χ4n) is 3.14. The highest BCUT2D eigenvalue weighted by Crippen LogP contribution is 2.42. The number of ether oxygens (including phenoxy) is 2. The van der Waals surface area contributed by atoms with Crippen molar-refractivity contribution in [1.82, 2.24) is 0 Å². The number of aliphatic hydroxyl groups is 1. The Balaban J connectivity index is 1.85. The molecule has 2 aliphatic carbocycles. The van der Waals surface area contributed by atoms with Crippen molar-refractivity contribution in [3.63, 3.8) is 0 Å². The fourth-order valence-corrected chi connectivity index (χ4v) is 3.14. The molecule has 0 atom stereocenters. The van der Waals surface area contributed by atoms with Crippen molar-refractivity contribution in [2.45, 2.75) is 50.0 Å². The first-order chi connectivity index (χ1) is 10.7. The van der Waals surface area contributed by atoms with Crippen LogP contribution in [0.3, 0.4) is 0 Å². The van der Waals surface area contributed by atoms with Crippen molar-refractivity contribution in [3.8, 4) is 17.6 Å². The van der Waals surface area contributed by atoms with E-state index in [4.69, 9.17) is 9.47 Å². The number of hydrogen-bond acceptors (Lipinski definition) is 4. The topological polar surface area (TPSA) is 62.5 Å². The number of methoxy groups -OCH3 is 1. The molecule has 0 unspecified atom stereocenters. The first kappa shape index (κ1) is 15.2. The molecule has 4 nitrogen and oxygen atoms in total. The molecule has 0 bridgehead atoms. The van der Waals surface area contributed by atoms with E-state index < -0.39 is 5.41 Å². The van der Waals surface area contributed by atoms with Gasteiger partial charge < -0.3 is 14.6 Å². The number of nitriles is 1. The van der Waals surface area contributed by atoms with E-state index in [0.717, 1.165) is 17.9 Å². The first-order valence-electron chi connectivity index (χ1n) is 8.07. The minimum Gasteiger partial charge on any atom is -0.493 e. The summed E-state index contributed by atoms with van der Waals surface area (Å²) in [5, 5.41) is 19.4. The van der Waals surface area contributed by atoms with Gasteiger partial charge in [-0.3, -0.25) is 0 Å². The third-order valence-corrected chi connectivity index (χ3v) is 4.91. The van der Waals surface area contributed by atoms with Gasteiger partial charge in [0.2, 0.25) is 0 Å². The maximum atomic E-state index is 9.72. The van der Waals surface area contributed by atoms with E-state index in [-0.39, 0.29) is 6.10 Å². The van der Waals surface area contributed by atoms with Gasteiger partial charge in [0.1, 0.15) is 0 Å². The standard InChI is InChI=1S/C18H23NO3/c1-21-16-5-4-14(10-17(16)22-11-13-2-3-13)18(12-19)8-6-15(20)7-9-18/h4-5,10,13,15,20H,2-3,6-9,11H2,1H3/t15-,18-. The summed E-state index contributed by atoms with van der Waals surface area (Å²) >= 11 is 0. The summed E-state index contributed by atoms with van der Waals surface area (Å²) in [5.74, 6) is 2.11. The van der Waals surface area contributed by atoms with E-state index in [9.17, 15) is 10.4 Å². The fraction of sp³-hybridized carbons (Fsp3) is 0.611. The zero-order chi connectivity index (χ0) is 15.6. The van der Waals surface area contributed by atoms with Crippen molar-refractivity contribution in [1.29, 1.82) is 5.26 Å². The van der Waals surface area contributed by atoms with Gasteiger partial charge in [-0.2, -0.15) is 5.26 Å². The summed E-state index contributed by atoms with van der Waals surface area (Å²) in [7, 11) is 1.63. The lowest BCUT2D eigenvalue weighted by Crippen LogP contribution is -2.32. The minimum atomic E-state index is -0.511. The molecule has 118 valence electrons. The monoisotopic (exact) mass is 301 g/mol. The molecule has 0 heterocycles. The van der Waals surface area contributed by atoms with E-state index in [1.807, 2.05) is 18.2 Å². The van der Waals surface area contributed by atoms with Gasteiger partial charge in [0.15, 0.2) is 11.5 Å². The van der Waals surface area contributed by atoms with Crippen molar-refractivity contribution in [2.24, 2.45) is 5.92 Å². The molecule has 0 amide bonds. The van der Waals surface area contributed by atoms with Crippen molar-refractivity contribution in [2.75, 3.05) is 13.7 Å². The van der Waals surface area contributed by atoms with Crippen LogP contribution in [0.2, 0.25) is 0 Å². The Hall–Kier alpha value is -1.73. The molecule has 2 fully saturated rings. The Morgan fingerprint density at radius 2 is 1.95 bits per heavy atom. The van der Waals surface area contributed by atoms with Crippen LogP contribution in [0, 0.1) is 17.2 Å². The van der Waals surface area contributed by atoms with E-state index >= 15 is 0 Å². The summed E-state index contributed by atoms with van der Waals surface area (Å²) in [5.41, 5.74) is 0.469. The number of rotatable bonds is 5. The Bertz CT molecular complexity index is 566. The highest BCUT2D eigenvalue weighted by molar-refractivity contribution is 5.47. The van der Waals surface area contributed by atoms with E-state index in [2.05, 4.69) is 6.07 Å². The number of nitrogens with zero attached hydrogens (tertiary/aromatic N) is 1. The summed E-state index contributed by atoms with van der Waals surface area (Å²) in [6.45, 7) is 0.720. The van der Waals surface area contributed by atoms with E-state index in [0.29, 0.717) is 37.4 Å². The molecule has 22 heavy (non-hydrogen) atoms. The Morgan fingerprint density at radius 3 is 2.55 bits per heavy atom. The lowest BCUT2D eigenvalue weighted by atomic mass is 9.70. The van der Waals surface area contributed by atoms with Gasteiger partial charge in [-0.05, 0) is 62.1 Å². The average molecular weight is 301 g/mol. The molecule has 0 aliphatic heterocycles. The normalized spacial score (nSPS) is 28.0. The van der Waals surface area contributed by atoms with Gasteiger partial charge in [0, 0.05) is 0 Å². The Kier molecular flexibility index (Phi) is 4.26. The van der Waals surface area contributed by atoms with Gasteiger partial charge in [-0.25, -0.2) is 0 Å². The van der Waals surface area contributed by atoms with Crippen molar-refractivity contribution >= 4 is 0 Å². The summed E-state index contributed by atoms with van der Waals surface area (Å²) in [6.07, 6.45) is 4.95. The van der Waals surface area contributed by atoms with Gasteiger partial charge in [0.25, 0.3) is 0 Å². The second-order valence-electron chi connectivity index (χ2n) is 6.55. The number of aliphatic hydroxyl groups excluding tert-OH is 1.